The fourth-order valence-electron chi connectivity index (χ4n) is 5.49. The van der Waals surface area contributed by atoms with Crippen LogP contribution in [0.3, 0.4) is 0 Å². The molecule has 0 saturated carbocycles. The number of esters is 2. The summed E-state index contributed by atoms with van der Waals surface area (Å²) < 4.78 is 32.7. The average Bonchev–Trinajstić information content (AvgIpc) is 3.19. The maximum atomic E-state index is 12.6. The number of carbonyl (C=O) groups excluding carboxylic acids is 2. The number of phosphoric acid groups is 1. The molecular weight excluding hydrogens is 731 g/mol. The predicted molar refractivity (Wildman–Crippen MR) is 228 cm³/mol. The van der Waals surface area contributed by atoms with Crippen molar-refractivity contribution < 1.29 is 47.8 Å². The highest BCUT2D eigenvalue weighted by molar-refractivity contribution is 7.47. The van der Waals surface area contributed by atoms with E-state index in [4.69, 9.17) is 19.1 Å². The van der Waals surface area contributed by atoms with E-state index in [-0.39, 0.29) is 19.4 Å². The summed E-state index contributed by atoms with van der Waals surface area (Å²) in [6.07, 6.45) is 44.6. The minimum absolute atomic E-state index is 0.164. The van der Waals surface area contributed by atoms with Gasteiger partial charge >= 0.3 is 19.8 Å². The third kappa shape index (κ3) is 39.9. The summed E-state index contributed by atoms with van der Waals surface area (Å²) in [5, 5.41) is 18.3. The number of hydrogen-bond donors (Lipinski definition) is 3. The molecule has 0 bridgehead atoms. The number of hydrogen-bond acceptors (Lipinski definition) is 9. The van der Waals surface area contributed by atoms with Gasteiger partial charge in [0, 0.05) is 12.8 Å². The number of allylic oxidation sites excluding steroid dienone is 10. The van der Waals surface area contributed by atoms with Gasteiger partial charge in [0.25, 0.3) is 0 Å². The van der Waals surface area contributed by atoms with Gasteiger partial charge in [-0.25, -0.2) is 4.57 Å². The second-order valence-corrected chi connectivity index (χ2v) is 15.8. The lowest BCUT2D eigenvalue weighted by atomic mass is 10.1. The topological polar surface area (TPSA) is 149 Å². The number of phosphoric ester groups is 1. The summed E-state index contributed by atoms with van der Waals surface area (Å²) in [5.74, 6) is -0.959. The maximum absolute atomic E-state index is 12.6. The smallest absolute Gasteiger partial charge is 0.462 e. The van der Waals surface area contributed by atoms with E-state index in [1.165, 1.54) is 38.5 Å². The minimum Gasteiger partial charge on any atom is -0.462 e. The number of unbranched alkanes of at least 4 members (excludes halogenated alkanes) is 16. The van der Waals surface area contributed by atoms with E-state index in [1.807, 2.05) is 0 Å². The summed E-state index contributed by atoms with van der Waals surface area (Å²) in [7, 11) is -4.63. The van der Waals surface area contributed by atoms with Crippen molar-refractivity contribution in [3.8, 4) is 0 Å². The molecule has 0 rings (SSSR count). The van der Waals surface area contributed by atoms with E-state index < -0.39 is 51.8 Å². The van der Waals surface area contributed by atoms with Crippen molar-refractivity contribution in [2.24, 2.45) is 0 Å². The highest BCUT2D eigenvalue weighted by Crippen LogP contribution is 2.43. The van der Waals surface area contributed by atoms with E-state index >= 15 is 0 Å². The molecule has 324 valence electrons. The fraction of sp³-hybridized carbons (Fsp3) is 0.733. The van der Waals surface area contributed by atoms with Crippen LogP contribution in [-0.2, 0) is 32.7 Å². The Kier molecular flexibility index (Phi) is 39.2. The summed E-state index contributed by atoms with van der Waals surface area (Å²) in [5.41, 5.74) is 0. The largest absolute Gasteiger partial charge is 0.472 e. The summed E-state index contributed by atoms with van der Waals surface area (Å²) in [6, 6.07) is 0. The Morgan fingerprint density at radius 3 is 1.45 bits per heavy atom. The fourth-order valence-corrected chi connectivity index (χ4v) is 6.28. The van der Waals surface area contributed by atoms with Crippen LogP contribution in [0.5, 0.6) is 0 Å². The van der Waals surface area contributed by atoms with Crippen molar-refractivity contribution in [2.45, 2.75) is 187 Å². The molecule has 0 radical (unpaired) electrons. The zero-order chi connectivity index (χ0) is 41.2. The Bertz CT molecular complexity index is 1120. The number of carbonyl (C=O) groups is 2. The first-order chi connectivity index (χ1) is 27.2. The monoisotopic (exact) mass is 811 g/mol. The lowest BCUT2D eigenvalue weighted by Crippen LogP contribution is -2.29. The molecular formula is C45H79O10P. The van der Waals surface area contributed by atoms with E-state index in [1.54, 1.807) is 0 Å². The molecule has 0 aliphatic rings. The van der Waals surface area contributed by atoms with Crippen LogP contribution in [-0.4, -0.2) is 65.7 Å². The average molecular weight is 811 g/mol. The first-order valence-electron chi connectivity index (χ1n) is 21.7. The zero-order valence-electron chi connectivity index (χ0n) is 35.1. The second-order valence-electron chi connectivity index (χ2n) is 14.4. The van der Waals surface area contributed by atoms with Gasteiger partial charge < -0.3 is 24.6 Å². The van der Waals surface area contributed by atoms with Gasteiger partial charge in [0.05, 0.1) is 19.8 Å². The van der Waals surface area contributed by atoms with Crippen LogP contribution in [0.25, 0.3) is 0 Å². The number of ether oxygens (including phenoxy) is 2. The molecule has 11 heteroatoms. The molecule has 56 heavy (non-hydrogen) atoms. The first kappa shape index (κ1) is 53.7. The van der Waals surface area contributed by atoms with Gasteiger partial charge in [-0.3, -0.25) is 18.6 Å². The molecule has 3 atom stereocenters. The van der Waals surface area contributed by atoms with Crippen molar-refractivity contribution in [3.05, 3.63) is 60.8 Å². The van der Waals surface area contributed by atoms with Crippen LogP contribution >= 0.6 is 7.82 Å². The lowest BCUT2D eigenvalue weighted by Gasteiger charge is -2.20. The standard InChI is InChI=1S/C45H79O10P/c1-3-5-7-9-11-13-15-17-19-20-21-22-23-25-27-29-31-33-35-37-45(49)55-43(41-54-56(50,51)53-39-42(47)38-46)40-52-44(48)36-34-32-30-28-26-24-18-16-14-12-10-8-6-4-2/h10-13,16-19,21-22,42-43,46-47H,3-9,14-15,20,23-41H2,1-2H3,(H,50,51)/b12-10-,13-11-,18-16-,19-17-,22-21-. The molecule has 10 nitrogen and oxygen atoms in total. The molecule has 0 heterocycles. The van der Waals surface area contributed by atoms with Crippen LogP contribution in [0.15, 0.2) is 60.8 Å². The van der Waals surface area contributed by atoms with E-state index in [2.05, 4.69) is 79.1 Å². The summed E-state index contributed by atoms with van der Waals surface area (Å²) >= 11 is 0. The first-order valence-corrected chi connectivity index (χ1v) is 23.2. The SMILES string of the molecule is CCCC/C=C\C/C=C\CCCCCCCC(=O)OCC(COP(=O)(O)OCC(O)CO)OC(=O)CCCCCCCC/C=C\C/C=C\C/C=C\CCCCC. The van der Waals surface area contributed by atoms with E-state index in [9.17, 15) is 24.2 Å². The summed E-state index contributed by atoms with van der Waals surface area (Å²) in [6.45, 7) is 2.27. The van der Waals surface area contributed by atoms with Crippen molar-refractivity contribution >= 4 is 19.8 Å². The molecule has 0 aromatic rings. The molecule has 0 amide bonds. The Labute approximate surface area is 340 Å². The van der Waals surface area contributed by atoms with E-state index in [0.717, 1.165) is 96.3 Å². The van der Waals surface area contributed by atoms with Gasteiger partial charge in [0.15, 0.2) is 6.10 Å². The van der Waals surface area contributed by atoms with Crippen molar-refractivity contribution in [1.29, 1.82) is 0 Å². The van der Waals surface area contributed by atoms with Gasteiger partial charge in [-0.2, -0.15) is 0 Å². The number of rotatable bonds is 40. The number of aliphatic hydroxyl groups excluding tert-OH is 2. The molecule has 0 spiro atoms. The van der Waals surface area contributed by atoms with Gasteiger partial charge in [0.2, 0.25) is 0 Å². The quantitative estimate of drug-likeness (QED) is 0.0236. The normalized spacial score (nSPS) is 14.4. The maximum Gasteiger partial charge on any atom is 0.472 e. The Morgan fingerprint density at radius 2 is 0.946 bits per heavy atom. The van der Waals surface area contributed by atoms with E-state index in [0.29, 0.717) is 12.8 Å². The van der Waals surface area contributed by atoms with Crippen molar-refractivity contribution in [2.75, 3.05) is 26.4 Å². The van der Waals surface area contributed by atoms with Gasteiger partial charge in [-0.1, -0.05) is 145 Å². The predicted octanol–water partition coefficient (Wildman–Crippen LogP) is 11.5. The minimum atomic E-state index is -4.63. The lowest BCUT2D eigenvalue weighted by molar-refractivity contribution is -0.161. The molecule has 0 saturated heterocycles. The molecule has 3 N–H and O–H groups in total. The zero-order valence-corrected chi connectivity index (χ0v) is 36.0. The molecule has 0 aromatic carbocycles. The van der Waals surface area contributed by atoms with Crippen LogP contribution in [0.2, 0.25) is 0 Å². The van der Waals surface area contributed by atoms with Crippen LogP contribution < -0.4 is 0 Å². The number of aliphatic hydroxyl groups is 2. The van der Waals surface area contributed by atoms with Crippen LogP contribution in [0.4, 0.5) is 0 Å². The van der Waals surface area contributed by atoms with Crippen LogP contribution in [0.1, 0.15) is 174 Å². The molecule has 3 unspecified atom stereocenters. The van der Waals surface area contributed by atoms with Gasteiger partial charge in [0.1, 0.15) is 12.7 Å². The Hall–Kier alpha value is -2.33. The molecule has 0 aliphatic heterocycles. The summed E-state index contributed by atoms with van der Waals surface area (Å²) in [4.78, 5) is 35.0. The third-order valence-corrected chi connectivity index (χ3v) is 9.85. The van der Waals surface area contributed by atoms with Gasteiger partial charge in [-0.05, 0) is 77.0 Å². The van der Waals surface area contributed by atoms with Crippen molar-refractivity contribution in [1.82, 2.24) is 0 Å². The van der Waals surface area contributed by atoms with Crippen LogP contribution in [0, 0.1) is 0 Å². The Balaban J connectivity index is 4.35. The van der Waals surface area contributed by atoms with Gasteiger partial charge in [-0.15, -0.1) is 0 Å². The molecule has 0 fully saturated rings. The highest BCUT2D eigenvalue weighted by atomic mass is 31.2. The second kappa shape index (κ2) is 40.9. The third-order valence-electron chi connectivity index (χ3n) is 8.89. The Morgan fingerprint density at radius 1 is 0.536 bits per heavy atom. The van der Waals surface area contributed by atoms with Crippen molar-refractivity contribution in [3.63, 3.8) is 0 Å². The highest BCUT2D eigenvalue weighted by Gasteiger charge is 2.27. The molecule has 0 aliphatic carbocycles. The molecule has 0 aromatic heterocycles.